The van der Waals surface area contributed by atoms with Crippen LogP contribution in [0, 0.1) is 0 Å². The molecular formula is C21H27N5O2. The van der Waals surface area contributed by atoms with Crippen molar-refractivity contribution in [2.75, 3.05) is 30.3 Å². The van der Waals surface area contributed by atoms with E-state index >= 15 is 0 Å². The average molecular weight is 381 g/mol. The first-order valence-corrected chi connectivity index (χ1v) is 10.1. The number of aromatic nitrogens is 2. The van der Waals surface area contributed by atoms with E-state index in [1.165, 1.54) is 12.8 Å². The molecule has 28 heavy (non-hydrogen) atoms. The van der Waals surface area contributed by atoms with Crippen LogP contribution >= 0.6 is 0 Å². The number of hydrogen-bond donors (Lipinski definition) is 2. The van der Waals surface area contributed by atoms with Crippen molar-refractivity contribution < 1.29 is 9.53 Å². The molecule has 0 bridgehead atoms. The van der Waals surface area contributed by atoms with Crippen molar-refractivity contribution in [1.29, 1.82) is 0 Å². The number of nitrogens with one attached hydrogen (secondary N) is 2. The highest BCUT2D eigenvalue weighted by Crippen LogP contribution is 2.27. The van der Waals surface area contributed by atoms with Crippen LogP contribution in [0.25, 0.3) is 11.3 Å². The molecule has 1 aliphatic heterocycles. The number of nitrogens with zero attached hydrogens (tertiary/aromatic N) is 3. The minimum Gasteiger partial charge on any atom is -0.450 e. The predicted octanol–water partition coefficient (Wildman–Crippen LogP) is 3.75. The van der Waals surface area contributed by atoms with Crippen molar-refractivity contribution in [3.8, 4) is 11.3 Å². The quantitative estimate of drug-likeness (QED) is 0.793. The van der Waals surface area contributed by atoms with Crippen LogP contribution in [0.3, 0.4) is 0 Å². The highest BCUT2D eigenvalue weighted by atomic mass is 16.6. The lowest BCUT2D eigenvalue weighted by Crippen LogP contribution is -2.42. The van der Waals surface area contributed by atoms with Gasteiger partial charge in [-0.1, -0.05) is 30.3 Å². The summed E-state index contributed by atoms with van der Waals surface area (Å²) in [6.45, 7) is 3.61. The Morgan fingerprint density at radius 1 is 1.07 bits per heavy atom. The molecule has 1 aromatic carbocycles. The second kappa shape index (κ2) is 8.46. The molecule has 4 rings (SSSR count). The zero-order valence-electron chi connectivity index (χ0n) is 16.2. The lowest BCUT2D eigenvalue weighted by atomic mass is 10.1. The Morgan fingerprint density at radius 2 is 1.79 bits per heavy atom. The van der Waals surface area contributed by atoms with E-state index in [1.54, 1.807) is 4.90 Å². The van der Waals surface area contributed by atoms with E-state index in [0.29, 0.717) is 31.7 Å². The monoisotopic (exact) mass is 381 g/mol. The number of amides is 1. The van der Waals surface area contributed by atoms with E-state index in [4.69, 9.17) is 9.72 Å². The molecule has 148 valence electrons. The number of likely N-dealkylation sites (tertiary alicyclic amines) is 1. The first-order valence-electron chi connectivity index (χ1n) is 10.1. The van der Waals surface area contributed by atoms with Crippen LogP contribution < -0.4 is 10.6 Å². The summed E-state index contributed by atoms with van der Waals surface area (Å²) in [6.07, 6.45) is 3.87. The third kappa shape index (κ3) is 4.71. The van der Waals surface area contributed by atoms with E-state index in [-0.39, 0.29) is 12.1 Å². The Balaban J connectivity index is 1.45. The number of carbonyl (C=O) groups excluding carboxylic acids is 1. The van der Waals surface area contributed by atoms with Crippen LogP contribution in [0.1, 0.15) is 32.6 Å². The highest BCUT2D eigenvalue weighted by Gasteiger charge is 2.25. The fourth-order valence-electron chi connectivity index (χ4n) is 3.38. The van der Waals surface area contributed by atoms with Gasteiger partial charge < -0.3 is 20.3 Å². The van der Waals surface area contributed by atoms with Gasteiger partial charge in [0.1, 0.15) is 5.82 Å². The molecule has 1 amide bonds. The summed E-state index contributed by atoms with van der Waals surface area (Å²) in [6, 6.07) is 12.9. The van der Waals surface area contributed by atoms with Gasteiger partial charge in [0.15, 0.2) is 0 Å². The molecule has 1 saturated heterocycles. The number of benzene rings is 1. The van der Waals surface area contributed by atoms with Crippen LogP contribution in [-0.2, 0) is 4.74 Å². The van der Waals surface area contributed by atoms with Crippen molar-refractivity contribution in [2.24, 2.45) is 0 Å². The van der Waals surface area contributed by atoms with Crippen molar-refractivity contribution in [3.05, 3.63) is 36.4 Å². The largest absolute Gasteiger partial charge is 0.450 e. The van der Waals surface area contributed by atoms with Crippen molar-refractivity contribution in [1.82, 2.24) is 14.9 Å². The van der Waals surface area contributed by atoms with E-state index in [1.807, 2.05) is 31.2 Å². The minimum absolute atomic E-state index is 0.223. The fourth-order valence-corrected chi connectivity index (χ4v) is 3.38. The molecule has 0 radical (unpaired) electrons. The van der Waals surface area contributed by atoms with Gasteiger partial charge >= 0.3 is 6.09 Å². The average Bonchev–Trinajstić information content (AvgIpc) is 3.53. The number of anilines is 2. The van der Waals surface area contributed by atoms with Gasteiger partial charge in [0.25, 0.3) is 0 Å². The molecule has 1 aliphatic carbocycles. The Labute approximate surface area is 165 Å². The zero-order valence-corrected chi connectivity index (χ0v) is 16.2. The molecule has 0 spiro atoms. The molecule has 7 nitrogen and oxygen atoms in total. The number of piperidine rings is 1. The summed E-state index contributed by atoms with van der Waals surface area (Å²) in [5.41, 5.74) is 1.98. The van der Waals surface area contributed by atoms with Crippen molar-refractivity contribution in [3.63, 3.8) is 0 Å². The third-order valence-corrected chi connectivity index (χ3v) is 5.08. The lowest BCUT2D eigenvalue weighted by Gasteiger charge is -2.31. The van der Waals surface area contributed by atoms with E-state index in [9.17, 15) is 4.79 Å². The standard InChI is InChI=1S/C21H27N5O2/c1-2-28-21(27)26-12-10-17(11-13-26)23-20-24-18(15-6-4-3-5-7-15)14-19(25-20)22-16-8-9-16/h3-7,14,16-17H,2,8-13H2,1H3,(H2,22,23,24,25). The Hall–Kier alpha value is -2.83. The third-order valence-electron chi connectivity index (χ3n) is 5.08. The topological polar surface area (TPSA) is 79.4 Å². The van der Waals surface area contributed by atoms with Crippen LogP contribution in [0.2, 0.25) is 0 Å². The molecule has 1 aromatic heterocycles. The first-order chi connectivity index (χ1) is 13.7. The Morgan fingerprint density at radius 3 is 2.46 bits per heavy atom. The number of ether oxygens (including phenoxy) is 1. The van der Waals surface area contributed by atoms with Crippen LogP contribution in [0.15, 0.2) is 36.4 Å². The molecular weight excluding hydrogens is 354 g/mol. The van der Waals surface area contributed by atoms with Crippen molar-refractivity contribution in [2.45, 2.75) is 44.7 Å². The molecule has 2 N–H and O–H groups in total. The Kier molecular flexibility index (Phi) is 5.60. The maximum Gasteiger partial charge on any atom is 0.409 e. The molecule has 2 aliphatic rings. The number of hydrogen-bond acceptors (Lipinski definition) is 6. The molecule has 7 heteroatoms. The second-order valence-electron chi connectivity index (χ2n) is 7.35. The molecule has 2 fully saturated rings. The molecule has 2 aromatic rings. The SMILES string of the molecule is CCOC(=O)N1CCC(Nc2nc(NC3CC3)cc(-c3ccccc3)n2)CC1. The van der Waals surface area contributed by atoms with Gasteiger partial charge in [0, 0.05) is 36.8 Å². The maximum atomic E-state index is 11.9. The van der Waals surface area contributed by atoms with Crippen LogP contribution in [-0.4, -0.2) is 52.7 Å². The van der Waals surface area contributed by atoms with E-state index in [0.717, 1.165) is 29.9 Å². The van der Waals surface area contributed by atoms with Gasteiger partial charge in [-0.15, -0.1) is 0 Å². The first kappa shape index (κ1) is 18.5. The smallest absolute Gasteiger partial charge is 0.409 e. The van der Waals surface area contributed by atoms with Crippen LogP contribution in [0.5, 0.6) is 0 Å². The summed E-state index contributed by atoms with van der Waals surface area (Å²) in [5.74, 6) is 1.50. The number of rotatable bonds is 6. The summed E-state index contributed by atoms with van der Waals surface area (Å²) < 4.78 is 5.09. The van der Waals surface area contributed by atoms with E-state index in [2.05, 4.69) is 27.8 Å². The normalized spacial score (nSPS) is 17.2. The number of carbonyl (C=O) groups is 1. The fraction of sp³-hybridized carbons (Fsp3) is 0.476. The highest BCUT2D eigenvalue weighted by molar-refractivity contribution is 5.68. The molecule has 2 heterocycles. The summed E-state index contributed by atoms with van der Waals surface area (Å²) in [5, 5.41) is 6.95. The van der Waals surface area contributed by atoms with E-state index < -0.39 is 0 Å². The lowest BCUT2D eigenvalue weighted by molar-refractivity contribution is 0.0983. The second-order valence-corrected chi connectivity index (χ2v) is 7.35. The molecule has 0 atom stereocenters. The summed E-state index contributed by atoms with van der Waals surface area (Å²) in [7, 11) is 0. The van der Waals surface area contributed by atoms with Gasteiger partial charge in [-0.2, -0.15) is 4.98 Å². The maximum absolute atomic E-state index is 11.9. The van der Waals surface area contributed by atoms with Gasteiger partial charge in [-0.3, -0.25) is 0 Å². The summed E-state index contributed by atoms with van der Waals surface area (Å²) >= 11 is 0. The van der Waals surface area contributed by atoms with Gasteiger partial charge in [-0.05, 0) is 32.6 Å². The van der Waals surface area contributed by atoms with Crippen molar-refractivity contribution >= 4 is 17.9 Å². The predicted molar refractivity (Wildman–Crippen MR) is 109 cm³/mol. The molecule has 1 saturated carbocycles. The Bertz CT molecular complexity index is 802. The van der Waals surface area contributed by atoms with Crippen LogP contribution in [0.4, 0.5) is 16.6 Å². The molecule has 0 unspecified atom stereocenters. The summed E-state index contributed by atoms with van der Waals surface area (Å²) in [4.78, 5) is 23.1. The van der Waals surface area contributed by atoms with Gasteiger partial charge in [0.05, 0.1) is 12.3 Å². The minimum atomic E-state index is -0.223. The van der Waals surface area contributed by atoms with Gasteiger partial charge in [-0.25, -0.2) is 9.78 Å². The van der Waals surface area contributed by atoms with Gasteiger partial charge in [0.2, 0.25) is 5.95 Å². The zero-order chi connectivity index (χ0) is 19.3.